The molecule has 4 amide bonds. The Bertz CT molecular complexity index is 2670. The molecule has 2 unspecified atom stereocenters. The molecule has 7 rings (SSSR count). The fourth-order valence-electron chi connectivity index (χ4n) is 8.74. The fourth-order valence-corrected chi connectivity index (χ4v) is 9.77. The number of aliphatic hydroxyl groups excluding tert-OH is 1. The Labute approximate surface area is 418 Å². The molecule has 2 aromatic carbocycles. The van der Waals surface area contributed by atoms with E-state index in [2.05, 4.69) is 46.9 Å². The van der Waals surface area contributed by atoms with Crippen LogP contribution in [0.15, 0.2) is 78.6 Å². The number of likely N-dealkylation sites (tertiary alicyclic amines) is 1. The number of pyridine rings is 1. The SMILES string of the molecule is Cc1ncsc1-c1ccc([C@H](C)NC(=O)C2C[C@@H](O)CN2C(=O)[C@@H](NC(=O)COC(C)CN2CCN(c3ccc(C(=O)N[C@@H](C)Cn4ccc(-c5ccc(C#N)c(Cl)c5)n4)cn3)CC2)C(C)(C)C)cc1. The third-order valence-corrected chi connectivity index (χ3v) is 13.9. The molecule has 0 spiro atoms. The summed E-state index contributed by atoms with van der Waals surface area (Å²) in [5.74, 6) is -0.726. The number of carbonyl (C=O) groups excluding carboxylic acids is 4. The van der Waals surface area contributed by atoms with Crippen molar-refractivity contribution in [2.24, 2.45) is 5.41 Å². The van der Waals surface area contributed by atoms with Crippen LogP contribution in [-0.4, -0.2) is 134 Å². The first-order valence-electron chi connectivity index (χ1n) is 23.5. The minimum absolute atomic E-state index is 0.0217. The van der Waals surface area contributed by atoms with Crippen LogP contribution in [0.3, 0.4) is 0 Å². The number of benzene rings is 2. The summed E-state index contributed by atoms with van der Waals surface area (Å²) in [4.78, 5) is 70.2. The van der Waals surface area contributed by atoms with Gasteiger partial charge in [-0.1, -0.05) is 62.7 Å². The summed E-state index contributed by atoms with van der Waals surface area (Å²) < 4.78 is 7.74. The molecule has 19 heteroatoms. The molecule has 370 valence electrons. The lowest BCUT2D eigenvalue weighted by atomic mass is 9.85. The Hall–Kier alpha value is -6.23. The second-order valence-electron chi connectivity index (χ2n) is 19.3. The smallest absolute Gasteiger partial charge is 0.253 e. The number of aromatic nitrogens is 4. The number of β-amino-alcohol motifs (C(OH)–C–C–N with tert-alkyl or cyclic N) is 1. The number of amides is 4. The molecular formula is C51H62ClN11O6S. The first-order valence-corrected chi connectivity index (χ1v) is 24.8. The number of nitriles is 1. The molecule has 2 aliphatic heterocycles. The van der Waals surface area contributed by atoms with Crippen molar-refractivity contribution in [3.63, 3.8) is 0 Å². The number of thiazole rings is 1. The summed E-state index contributed by atoms with van der Waals surface area (Å²) in [5.41, 5.74) is 6.36. The number of nitrogens with one attached hydrogen (secondary N) is 3. The van der Waals surface area contributed by atoms with Gasteiger partial charge in [0, 0.05) is 69.7 Å². The minimum atomic E-state index is -0.973. The molecule has 3 aromatic heterocycles. The normalized spacial score (nSPS) is 18.1. The molecule has 5 aromatic rings. The lowest BCUT2D eigenvalue weighted by Crippen LogP contribution is -2.58. The largest absolute Gasteiger partial charge is 0.391 e. The Morgan fingerprint density at radius 1 is 0.943 bits per heavy atom. The molecule has 0 bridgehead atoms. The molecule has 2 fully saturated rings. The summed E-state index contributed by atoms with van der Waals surface area (Å²) in [7, 11) is 0. The zero-order valence-corrected chi connectivity index (χ0v) is 42.3. The molecule has 0 saturated carbocycles. The zero-order chi connectivity index (χ0) is 50.3. The number of hydrogen-bond acceptors (Lipinski definition) is 13. The first-order chi connectivity index (χ1) is 33.4. The van der Waals surface area contributed by atoms with Gasteiger partial charge >= 0.3 is 0 Å². The van der Waals surface area contributed by atoms with E-state index in [1.54, 1.807) is 46.5 Å². The Morgan fingerprint density at radius 2 is 1.67 bits per heavy atom. The second-order valence-corrected chi connectivity index (χ2v) is 20.6. The highest BCUT2D eigenvalue weighted by atomic mass is 35.5. The quantitative estimate of drug-likeness (QED) is 0.0895. The molecule has 6 atom stereocenters. The maximum absolute atomic E-state index is 14.2. The van der Waals surface area contributed by atoms with Gasteiger partial charge in [-0.15, -0.1) is 11.3 Å². The highest BCUT2D eigenvalue weighted by Crippen LogP contribution is 2.30. The van der Waals surface area contributed by atoms with Crippen molar-refractivity contribution >= 4 is 52.4 Å². The van der Waals surface area contributed by atoms with E-state index >= 15 is 0 Å². The van der Waals surface area contributed by atoms with Crippen LogP contribution in [0, 0.1) is 23.7 Å². The molecule has 5 heterocycles. The summed E-state index contributed by atoms with van der Waals surface area (Å²) >= 11 is 7.78. The summed E-state index contributed by atoms with van der Waals surface area (Å²) in [6.45, 7) is 16.9. The van der Waals surface area contributed by atoms with Crippen molar-refractivity contribution in [2.75, 3.05) is 50.8 Å². The number of nitrogens with zero attached hydrogens (tertiary/aromatic N) is 8. The lowest BCUT2D eigenvalue weighted by molar-refractivity contribution is -0.145. The van der Waals surface area contributed by atoms with Crippen molar-refractivity contribution in [1.82, 2.24) is 45.5 Å². The number of anilines is 1. The highest BCUT2D eigenvalue weighted by Gasteiger charge is 2.45. The van der Waals surface area contributed by atoms with Crippen molar-refractivity contribution in [3.05, 3.63) is 106 Å². The number of piperazine rings is 1. The van der Waals surface area contributed by atoms with Crippen LogP contribution in [0.5, 0.6) is 0 Å². The Kier molecular flexibility index (Phi) is 16.7. The molecule has 70 heavy (non-hydrogen) atoms. The number of hydrogen-bond donors (Lipinski definition) is 4. The Balaban J connectivity index is 0.831. The van der Waals surface area contributed by atoms with E-state index < -0.39 is 35.4 Å². The monoisotopic (exact) mass is 991 g/mol. The average molecular weight is 993 g/mol. The van der Waals surface area contributed by atoms with E-state index in [1.807, 2.05) is 96.6 Å². The highest BCUT2D eigenvalue weighted by molar-refractivity contribution is 7.13. The molecule has 0 aliphatic carbocycles. The van der Waals surface area contributed by atoms with Gasteiger partial charge in [0.1, 0.15) is 30.6 Å². The molecule has 2 saturated heterocycles. The van der Waals surface area contributed by atoms with E-state index in [0.29, 0.717) is 48.0 Å². The number of carbonyl (C=O) groups is 4. The van der Waals surface area contributed by atoms with Gasteiger partial charge in [0.05, 0.1) is 62.7 Å². The molecule has 17 nitrogen and oxygen atoms in total. The third kappa shape index (κ3) is 12.9. The summed E-state index contributed by atoms with van der Waals surface area (Å²) in [5, 5.41) is 33.8. The van der Waals surface area contributed by atoms with E-state index in [-0.39, 0.29) is 49.6 Å². The van der Waals surface area contributed by atoms with Crippen LogP contribution < -0.4 is 20.9 Å². The number of aryl methyl sites for hydroxylation is 1. The van der Waals surface area contributed by atoms with Gasteiger partial charge in [0.25, 0.3) is 5.91 Å². The number of halogens is 1. The van der Waals surface area contributed by atoms with Crippen LogP contribution in [0.25, 0.3) is 21.7 Å². The van der Waals surface area contributed by atoms with Gasteiger partial charge in [-0.05, 0) is 74.6 Å². The van der Waals surface area contributed by atoms with Crippen LogP contribution in [0.4, 0.5) is 5.82 Å². The van der Waals surface area contributed by atoms with Gasteiger partial charge in [-0.25, -0.2) is 9.97 Å². The van der Waals surface area contributed by atoms with Crippen LogP contribution in [0.1, 0.15) is 81.2 Å². The maximum atomic E-state index is 14.2. The van der Waals surface area contributed by atoms with Crippen LogP contribution in [0.2, 0.25) is 5.02 Å². The first kappa shape index (κ1) is 51.6. The van der Waals surface area contributed by atoms with Crippen LogP contribution in [-0.2, 0) is 25.7 Å². The van der Waals surface area contributed by atoms with E-state index in [9.17, 15) is 24.3 Å². The van der Waals surface area contributed by atoms with Crippen molar-refractivity contribution < 1.29 is 29.0 Å². The van der Waals surface area contributed by atoms with Crippen molar-refractivity contribution in [1.29, 1.82) is 5.26 Å². The molecule has 0 radical (unpaired) electrons. The predicted molar refractivity (Wildman–Crippen MR) is 269 cm³/mol. The zero-order valence-electron chi connectivity index (χ0n) is 40.7. The fraction of sp³-hybridized carbons (Fsp3) is 0.451. The van der Waals surface area contributed by atoms with Gasteiger partial charge < -0.3 is 35.6 Å². The number of ether oxygens (including phenoxy) is 1. The number of rotatable bonds is 17. The van der Waals surface area contributed by atoms with Crippen LogP contribution >= 0.6 is 22.9 Å². The van der Waals surface area contributed by atoms with Crippen molar-refractivity contribution in [2.45, 2.75) is 97.8 Å². The standard InChI is InChI=1S/C51H62ClN11O6S/c1-31(26-62-17-16-42(59-62)37-12-13-38(24-53)41(52)22-37)56-48(66)39-14-15-44(54-25-39)61-20-18-60(19-21-61)27-32(2)69-29-45(65)58-47(51(5,6)7)50(68)63-28-40(64)23-43(63)49(67)57-33(3)35-8-10-36(11-9-35)46-34(4)55-30-70-46/h8-17,22,25,30-33,40,43,47,64H,18-21,23,26-29H2,1-7H3,(H,56,66)(H,57,67)(H,58,65)/t31-,32?,33-,40+,43?,47+/m0/s1. The molecule has 4 N–H and O–H groups in total. The predicted octanol–water partition coefficient (Wildman–Crippen LogP) is 5.62. The second kappa shape index (κ2) is 22.7. The van der Waals surface area contributed by atoms with E-state index in [4.69, 9.17) is 21.6 Å². The summed E-state index contributed by atoms with van der Waals surface area (Å²) in [6.07, 6.45) is 2.34. The average Bonchev–Trinajstić information content (AvgIpc) is 4.09. The van der Waals surface area contributed by atoms with Gasteiger partial charge in [-0.2, -0.15) is 10.4 Å². The molecular weight excluding hydrogens is 930 g/mol. The Morgan fingerprint density at radius 3 is 2.31 bits per heavy atom. The maximum Gasteiger partial charge on any atom is 0.253 e. The van der Waals surface area contributed by atoms with Gasteiger partial charge in [-0.3, -0.25) is 28.8 Å². The van der Waals surface area contributed by atoms with E-state index in [0.717, 1.165) is 46.2 Å². The van der Waals surface area contributed by atoms with E-state index in [1.165, 1.54) is 4.90 Å². The third-order valence-electron chi connectivity index (χ3n) is 12.6. The molecule has 2 aliphatic rings. The lowest BCUT2D eigenvalue weighted by Gasteiger charge is -2.36. The minimum Gasteiger partial charge on any atom is -0.391 e. The topological polar surface area (TPSA) is 211 Å². The van der Waals surface area contributed by atoms with Gasteiger partial charge in [0.2, 0.25) is 17.7 Å². The number of aliphatic hydroxyl groups is 1. The summed E-state index contributed by atoms with van der Waals surface area (Å²) in [6, 6.07) is 18.2. The van der Waals surface area contributed by atoms with Gasteiger partial charge in [0.15, 0.2) is 0 Å². The van der Waals surface area contributed by atoms with Crippen molar-refractivity contribution in [3.8, 4) is 27.8 Å².